The summed E-state index contributed by atoms with van der Waals surface area (Å²) in [6, 6.07) is 15.6. The lowest BCUT2D eigenvalue weighted by atomic mass is 10.1. The summed E-state index contributed by atoms with van der Waals surface area (Å²) in [5.74, 6) is -0.891. The molecule has 0 amide bonds. The summed E-state index contributed by atoms with van der Waals surface area (Å²) in [5, 5.41) is 10.4. The Morgan fingerprint density at radius 3 is 2.65 bits per heavy atom. The van der Waals surface area contributed by atoms with Crippen LogP contribution < -0.4 is 0 Å². The average Bonchev–Trinajstić information content (AvgIpc) is 2.87. The van der Waals surface area contributed by atoms with Crippen molar-refractivity contribution < 1.29 is 9.90 Å². The van der Waals surface area contributed by atoms with Crippen LogP contribution in [0.5, 0.6) is 0 Å². The molecule has 1 aromatic heterocycles. The van der Waals surface area contributed by atoms with Crippen LogP contribution >= 0.6 is 15.9 Å². The number of nitrogens with zero attached hydrogens (tertiary/aromatic N) is 1. The Morgan fingerprint density at radius 2 is 1.96 bits per heavy atom. The number of hydrogen-bond donors (Lipinski definition) is 1. The molecule has 0 saturated carbocycles. The van der Waals surface area contributed by atoms with Gasteiger partial charge in [-0.05, 0) is 41.6 Å². The van der Waals surface area contributed by atoms with Crippen LogP contribution in [0, 0.1) is 0 Å². The molecule has 3 rings (SSSR count). The van der Waals surface area contributed by atoms with Crippen LogP contribution in [0.15, 0.2) is 53.0 Å². The molecule has 0 fully saturated rings. The maximum absolute atomic E-state index is 11.3. The summed E-state index contributed by atoms with van der Waals surface area (Å²) in [5.41, 5.74) is 3.72. The molecule has 0 unspecified atom stereocenters. The van der Waals surface area contributed by atoms with Crippen molar-refractivity contribution in [2.45, 2.75) is 26.3 Å². The molecule has 4 heteroatoms. The van der Waals surface area contributed by atoms with Gasteiger partial charge < -0.3 is 9.67 Å². The quantitative estimate of drug-likeness (QED) is 0.677. The van der Waals surface area contributed by atoms with Crippen molar-refractivity contribution in [2.75, 3.05) is 0 Å². The number of carbonyl (C=O) groups is 1. The molecular formula is C19H18BrNO2. The molecule has 0 saturated heterocycles. The number of aromatic nitrogens is 1. The van der Waals surface area contributed by atoms with Crippen molar-refractivity contribution in [1.29, 1.82) is 0 Å². The van der Waals surface area contributed by atoms with E-state index in [1.54, 1.807) is 12.1 Å². The van der Waals surface area contributed by atoms with E-state index in [-0.39, 0.29) is 0 Å². The second kappa shape index (κ2) is 6.59. The number of halogens is 1. The van der Waals surface area contributed by atoms with Gasteiger partial charge in [-0.2, -0.15) is 0 Å². The lowest BCUT2D eigenvalue weighted by Gasteiger charge is -2.12. The van der Waals surface area contributed by atoms with Crippen molar-refractivity contribution in [2.24, 2.45) is 0 Å². The minimum Gasteiger partial charge on any atom is -0.478 e. The molecule has 0 atom stereocenters. The van der Waals surface area contributed by atoms with Crippen LogP contribution in [0.1, 0.15) is 35.0 Å². The van der Waals surface area contributed by atoms with Gasteiger partial charge in [-0.3, -0.25) is 0 Å². The maximum Gasteiger partial charge on any atom is 0.335 e. The Balaban J connectivity index is 2.15. The average molecular weight is 372 g/mol. The van der Waals surface area contributed by atoms with Gasteiger partial charge in [0.1, 0.15) is 0 Å². The third-order valence-electron chi connectivity index (χ3n) is 4.03. The highest BCUT2D eigenvalue weighted by atomic mass is 79.9. The van der Waals surface area contributed by atoms with Gasteiger partial charge in [-0.25, -0.2) is 4.79 Å². The fourth-order valence-corrected chi connectivity index (χ4v) is 3.30. The Morgan fingerprint density at radius 1 is 1.17 bits per heavy atom. The largest absolute Gasteiger partial charge is 0.478 e. The number of rotatable bonds is 5. The van der Waals surface area contributed by atoms with Gasteiger partial charge in [0.25, 0.3) is 0 Å². The molecule has 0 aliphatic heterocycles. The molecular weight excluding hydrogens is 354 g/mol. The molecule has 0 spiro atoms. The zero-order valence-corrected chi connectivity index (χ0v) is 14.5. The van der Waals surface area contributed by atoms with Gasteiger partial charge in [-0.1, -0.05) is 53.5 Å². The summed E-state index contributed by atoms with van der Waals surface area (Å²) in [6.07, 6.45) is 2.03. The van der Waals surface area contributed by atoms with E-state index in [0.717, 1.165) is 34.8 Å². The third-order valence-corrected chi connectivity index (χ3v) is 4.80. The minimum atomic E-state index is -0.891. The molecule has 0 aliphatic carbocycles. The topological polar surface area (TPSA) is 42.2 Å². The van der Waals surface area contributed by atoms with E-state index in [1.165, 1.54) is 11.3 Å². The Bertz CT molecular complexity index is 867. The van der Waals surface area contributed by atoms with E-state index < -0.39 is 5.97 Å². The fraction of sp³-hybridized carbons (Fsp3) is 0.211. The van der Waals surface area contributed by atoms with Gasteiger partial charge in [-0.15, -0.1) is 0 Å². The minimum absolute atomic E-state index is 0.326. The van der Waals surface area contributed by atoms with E-state index in [0.29, 0.717) is 5.56 Å². The highest BCUT2D eigenvalue weighted by Gasteiger charge is 2.12. The molecule has 0 bridgehead atoms. The first-order chi connectivity index (χ1) is 11.1. The maximum atomic E-state index is 11.3. The number of hydrogen-bond acceptors (Lipinski definition) is 1. The smallest absolute Gasteiger partial charge is 0.335 e. The summed E-state index contributed by atoms with van der Waals surface area (Å²) in [6.45, 7) is 2.88. The van der Waals surface area contributed by atoms with Crippen molar-refractivity contribution in [1.82, 2.24) is 4.57 Å². The lowest BCUT2D eigenvalue weighted by Crippen LogP contribution is -2.05. The van der Waals surface area contributed by atoms with Crippen LogP contribution in [0.3, 0.4) is 0 Å². The number of aromatic carboxylic acids is 1. The van der Waals surface area contributed by atoms with Crippen LogP contribution in [0.25, 0.3) is 10.9 Å². The van der Waals surface area contributed by atoms with E-state index in [4.69, 9.17) is 0 Å². The van der Waals surface area contributed by atoms with Crippen LogP contribution in [0.2, 0.25) is 0 Å². The first-order valence-electron chi connectivity index (χ1n) is 7.69. The standard InChI is InChI=1S/C19H18BrNO2/c1-2-5-16-10-13-8-9-14(19(22)23)11-18(13)21(16)12-15-6-3-4-7-17(15)20/h3-4,6-11H,2,5,12H2,1H3,(H,22,23). The second-order valence-electron chi connectivity index (χ2n) is 5.64. The lowest BCUT2D eigenvalue weighted by molar-refractivity contribution is 0.0697. The Labute approximate surface area is 143 Å². The van der Waals surface area contributed by atoms with Crippen LogP contribution in [-0.4, -0.2) is 15.6 Å². The van der Waals surface area contributed by atoms with Crippen molar-refractivity contribution in [3.8, 4) is 0 Å². The Hall–Kier alpha value is -2.07. The van der Waals surface area contributed by atoms with Gasteiger partial charge in [0.05, 0.1) is 5.56 Å². The van der Waals surface area contributed by atoms with Crippen LogP contribution in [0.4, 0.5) is 0 Å². The molecule has 0 aliphatic rings. The third kappa shape index (κ3) is 3.17. The number of benzene rings is 2. The number of carboxylic acid groups (broad SMARTS) is 1. The number of aryl methyl sites for hydroxylation is 1. The van der Waals surface area contributed by atoms with Gasteiger partial charge in [0.2, 0.25) is 0 Å². The monoisotopic (exact) mass is 371 g/mol. The van der Waals surface area contributed by atoms with Crippen molar-refractivity contribution in [3.63, 3.8) is 0 Å². The highest BCUT2D eigenvalue weighted by Crippen LogP contribution is 2.26. The molecule has 3 nitrogen and oxygen atoms in total. The molecule has 1 heterocycles. The molecule has 23 heavy (non-hydrogen) atoms. The fourth-order valence-electron chi connectivity index (χ4n) is 2.89. The number of carboxylic acids is 1. The van der Waals surface area contributed by atoms with E-state index in [2.05, 4.69) is 39.6 Å². The first kappa shape index (κ1) is 15.8. The summed E-state index contributed by atoms with van der Waals surface area (Å²) >= 11 is 3.60. The van der Waals surface area contributed by atoms with E-state index in [1.807, 2.05) is 24.3 Å². The first-order valence-corrected chi connectivity index (χ1v) is 8.48. The zero-order valence-electron chi connectivity index (χ0n) is 12.9. The van der Waals surface area contributed by atoms with E-state index >= 15 is 0 Å². The van der Waals surface area contributed by atoms with Crippen molar-refractivity contribution in [3.05, 3.63) is 69.8 Å². The molecule has 3 aromatic rings. The number of fused-ring (bicyclic) bond motifs is 1. The molecule has 1 N–H and O–H groups in total. The van der Waals surface area contributed by atoms with Gasteiger partial charge in [0.15, 0.2) is 0 Å². The molecule has 0 radical (unpaired) electrons. The van der Waals surface area contributed by atoms with Gasteiger partial charge >= 0.3 is 5.97 Å². The normalized spacial score (nSPS) is 11.0. The summed E-state index contributed by atoms with van der Waals surface area (Å²) in [4.78, 5) is 11.3. The van der Waals surface area contributed by atoms with Crippen molar-refractivity contribution >= 4 is 32.8 Å². The summed E-state index contributed by atoms with van der Waals surface area (Å²) < 4.78 is 3.30. The second-order valence-corrected chi connectivity index (χ2v) is 6.50. The van der Waals surface area contributed by atoms with Gasteiger partial charge in [0, 0.05) is 22.2 Å². The highest BCUT2D eigenvalue weighted by molar-refractivity contribution is 9.10. The summed E-state index contributed by atoms with van der Waals surface area (Å²) in [7, 11) is 0. The molecule has 118 valence electrons. The predicted molar refractivity (Wildman–Crippen MR) is 96.1 cm³/mol. The predicted octanol–water partition coefficient (Wildman–Crippen LogP) is 5.10. The SMILES string of the molecule is CCCc1cc2ccc(C(=O)O)cc2n1Cc1ccccc1Br. The molecule has 2 aromatic carbocycles. The Kier molecular flexibility index (Phi) is 4.53. The van der Waals surface area contributed by atoms with E-state index in [9.17, 15) is 9.90 Å². The van der Waals surface area contributed by atoms with Crippen LogP contribution in [-0.2, 0) is 13.0 Å². The zero-order chi connectivity index (χ0) is 16.4.